The van der Waals surface area contributed by atoms with Gasteiger partial charge in [-0.1, -0.05) is 0 Å². The molecule has 1 atom stereocenters. The van der Waals surface area contributed by atoms with E-state index in [1.807, 2.05) is 24.4 Å². The number of carbonyl (C=O) groups excluding carboxylic acids is 4. The Labute approximate surface area is 299 Å². The average molecular weight is 706 g/mol. The second kappa shape index (κ2) is 12.9. The number of piperidine rings is 1. The number of ether oxygens (including phenoxy) is 3. The van der Waals surface area contributed by atoms with E-state index in [1.54, 1.807) is 56.4 Å². The van der Waals surface area contributed by atoms with E-state index >= 15 is 0 Å². The maximum atomic E-state index is 13.1. The standard InChI is InChI=1S/C39H39N5O8/c1-42-18-29(25-8-10-40-17-28(25)36(42)47)23-12-32(50-2)30(33(13-23)51-3)19-43-20-39(21-43)15-22(16-39)9-11-52-24-4-5-26-27(14-24)38(49)44(37(26)48)31-6-7-34(45)41-35(31)46/h4-5,8,10,12-14,17-18,22,31H,6-7,9,11,15-16,19-21H2,1-3H3,(H,41,45,46). The highest BCUT2D eigenvalue weighted by Crippen LogP contribution is 2.54. The third-order valence-electron chi connectivity index (χ3n) is 11.1. The fourth-order valence-electron chi connectivity index (χ4n) is 8.59. The number of amides is 4. The van der Waals surface area contributed by atoms with Gasteiger partial charge in [0.2, 0.25) is 11.8 Å². The largest absolute Gasteiger partial charge is 0.496 e. The lowest BCUT2D eigenvalue weighted by Gasteiger charge is -2.59. The van der Waals surface area contributed by atoms with Crippen LogP contribution in [0.4, 0.5) is 0 Å². The number of nitrogens with zero attached hydrogens (tertiary/aromatic N) is 4. The molecule has 8 rings (SSSR count). The van der Waals surface area contributed by atoms with Crippen LogP contribution in [0.15, 0.2) is 59.8 Å². The van der Waals surface area contributed by atoms with Gasteiger partial charge < -0.3 is 18.8 Å². The lowest BCUT2D eigenvalue weighted by atomic mass is 9.57. The Hall–Kier alpha value is -5.56. The lowest BCUT2D eigenvalue weighted by Crippen LogP contribution is -2.61. The van der Waals surface area contributed by atoms with Crippen LogP contribution < -0.4 is 25.1 Å². The van der Waals surface area contributed by atoms with Crippen LogP contribution in [0.2, 0.25) is 0 Å². The molecule has 52 heavy (non-hydrogen) atoms. The summed E-state index contributed by atoms with van der Waals surface area (Å²) in [6.45, 7) is 3.16. The van der Waals surface area contributed by atoms with Crippen molar-refractivity contribution in [3.8, 4) is 28.4 Å². The molecule has 3 aliphatic heterocycles. The summed E-state index contributed by atoms with van der Waals surface area (Å²) in [5.74, 6) is 0.399. The number of aromatic nitrogens is 2. The molecule has 1 spiro atoms. The molecule has 4 aliphatic rings. The summed E-state index contributed by atoms with van der Waals surface area (Å²) in [5.41, 5.74) is 3.42. The van der Waals surface area contributed by atoms with E-state index in [-0.39, 0.29) is 29.5 Å². The topological polar surface area (TPSA) is 149 Å². The molecule has 4 aromatic rings. The predicted molar refractivity (Wildman–Crippen MR) is 189 cm³/mol. The number of benzene rings is 2. The molecule has 1 unspecified atom stereocenters. The first-order valence-electron chi connectivity index (χ1n) is 17.5. The SMILES string of the molecule is COc1cc(-c2cn(C)c(=O)c3cnccc23)cc(OC)c1CN1CC2(CC(CCOc3ccc4c(c3)C(=O)N(C3CCC(=O)NC3=O)C4=O)C2)C1. The minimum atomic E-state index is -0.995. The van der Waals surface area contributed by atoms with Gasteiger partial charge in [0.05, 0.1) is 42.9 Å². The smallest absolute Gasteiger partial charge is 0.262 e. The van der Waals surface area contributed by atoms with Crippen molar-refractivity contribution >= 4 is 34.4 Å². The predicted octanol–water partition coefficient (Wildman–Crippen LogP) is 3.70. The number of imide groups is 2. The van der Waals surface area contributed by atoms with Gasteiger partial charge >= 0.3 is 0 Å². The van der Waals surface area contributed by atoms with Gasteiger partial charge in [-0.15, -0.1) is 0 Å². The molecule has 13 nitrogen and oxygen atoms in total. The minimum Gasteiger partial charge on any atom is -0.496 e. The van der Waals surface area contributed by atoms with Gasteiger partial charge in [0, 0.05) is 57.3 Å². The van der Waals surface area contributed by atoms with E-state index in [0.29, 0.717) is 35.6 Å². The van der Waals surface area contributed by atoms with Crippen molar-refractivity contribution in [2.75, 3.05) is 33.9 Å². The number of likely N-dealkylation sites (tertiary alicyclic amines) is 1. The van der Waals surface area contributed by atoms with Crippen molar-refractivity contribution in [2.24, 2.45) is 18.4 Å². The Morgan fingerprint density at radius 3 is 2.35 bits per heavy atom. The van der Waals surface area contributed by atoms with Crippen molar-refractivity contribution in [1.82, 2.24) is 24.7 Å². The monoisotopic (exact) mass is 705 g/mol. The molecule has 2 aromatic heterocycles. The van der Waals surface area contributed by atoms with Gasteiger partial charge in [-0.25, -0.2) is 0 Å². The minimum absolute atomic E-state index is 0.0765. The molecule has 0 bridgehead atoms. The molecule has 1 saturated carbocycles. The molecule has 5 heterocycles. The Morgan fingerprint density at radius 2 is 1.63 bits per heavy atom. The second-order valence-electron chi connectivity index (χ2n) is 14.5. The van der Waals surface area contributed by atoms with Crippen LogP contribution in [0.5, 0.6) is 17.2 Å². The van der Waals surface area contributed by atoms with Crippen molar-refractivity contribution < 1.29 is 33.4 Å². The Kier molecular flexibility index (Phi) is 8.32. The van der Waals surface area contributed by atoms with Gasteiger partial charge in [0.1, 0.15) is 23.3 Å². The van der Waals surface area contributed by atoms with Gasteiger partial charge in [-0.05, 0) is 84.4 Å². The third kappa shape index (κ3) is 5.69. The number of pyridine rings is 2. The molecule has 2 aromatic carbocycles. The first-order chi connectivity index (χ1) is 25.1. The highest BCUT2D eigenvalue weighted by molar-refractivity contribution is 6.23. The van der Waals surface area contributed by atoms with E-state index in [0.717, 1.165) is 70.8 Å². The number of hydrogen-bond donors (Lipinski definition) is 1. The van der Waals surface area contributed by atoms with Crippen molar-refractivity contribution in [3.63, 3.8) is 0 Å². The summed E-state index contributed by atoms with van der Waals surface area (Å²) in [4.78, 5) is 70.3. The summed E-state index contributed by atoms with van der Waals surface area (Å²) in [6.07, 6.45) is 8.44. The number of hydrogen-bond acceptors (Lipinski definition) is 10. The zero-order chi connectivity index (χ0) is 36.3. The van der Waals surface area contributed by atoms with Crippen LogP contribution in [-0.2, 0) is 23.2 Å². The molecule has 4 amide bonds. The Bertz CT molecular complexity index is 2190. The highest BCUT2D eigenvalue weighted by atomic mass is 16.5. The normalized spacial score (nSPS) is 19.8. The maximum Gasteiger partial charge on any atom is 0.262 e. The van der Waals surface area contributed by atoms with Crippen LogP contribution in [0.3, 0.4) is 0 Å². The second-order valence-corrected chi connectivity index (χ2v) is 14.5. The molecule has 1 aliphatic carbocycles. The summed E-state index contributed by atoms with van der Waals surface area (Å²) >= 11 is 0. The summed E-state index contributed by atoms with van der Waals surface area (Å²) in [6, 6.07) is 9.71. The molecule has 1 N–H and O–H groups in total. The van der Waals surface area contributed by atoms with Gasteiger partial charge in [-0.2, -0.15) is 0 Å². The number of carbonyl (C=O) groups is 4. The van der Waals surface area contributed by atoms with Gasteiger partial charge in [0.25, 0.3) is 17.4 Å². The number of fused-ring (bicyclic) bond motifs is 2. The fourth-order valence-corrected chi connectivity index (χ4v) is 8.59. The number of methoxy groups -OCH3 is 2. The quantitative estimate of drug-likeness (QED) is 0.242. The van der Waals surface area contributed by atoms with Gasteiger partial charge in [0.15, 0.2) is 0 Å². The first-order valence-corrected chi connectivity index (χ1v) is 17.5. The average Bonchev–Trinajstić information content (AvgIpc) is 3.35. The van der Waals surface area contributed by atoms with Crippen LogP contribution in [0.1, 0.15) is 58.4 Å². The Morgan fingerprint density at radius 1 is 0.904 bits per heavy atom. The molecule has 0 radical (unpaired) electrons. The summed E-state index contributed by atoms with van der Waals surface area (Å²) in [5, 5.41) is 3.59. The van der Waals surface area contributed by atoms with Crippen LogP contribution in [-0.4, -0.2) is 82.9 Å². The van der Waals surface area contributed by atoms with Crippen LogP contribution in [0.25, 0.3) is 21.9 Å². The highest BCUT2D eigenvalue weighted by Gasteiger charge is 2.52. The molecule has 13 heteroatoms. The zero-order valence-electron chi connectivity index (χ0n) is 29.3. The molecular formula is C39H39N5O8. The number of rotatable bonds is 10. The Balaban J connectivity index is 0.856. The van der Waals surface area contributed by atoms with Crippen molar-refractivity contribution in [3.05, 3.63) is 82.0 Å². The third-order valence-corrected chi connectivity index (χ3v) is 11.1. The molecule has 3 fully saturated rings. The summed E-state index contributed by atoms with van der Waals surface area (Å²) in [7, 11) is 5.07. The van der Waals surface area contributed by atoms with Crippen LogP contribution >= 0.6 is 0 Å². The van der Waals surface area contributed by atoms with Crippen molar-refractivity contribution in [2.45, 2.75) is 44.7 Å². The lowest BCUT2D eigenvalue weighted by molar-refractivity contribution is -0.136. The number of aryl methyl sites for hydroxylation is 1. The molecule has 2 saturated heterocycles. The molecule has 268 valence electrons. The number of nitrogens with one attached hydrogen (secondary N) is 1. The first kappa shape index (κ1) is 33.6. The zero-order valence-corrected chi connectivity index (χ0v) is 29.3. The molecular weight excluding hydrogens is 666 g/mol. The van der Waals surface area contributed by atoms with E-state index in [4.69, 9.17) is 14.2 Å². The van der Waals surface area contributed by atoms with E-state index in [9.17, 15) is 24.0 Å². The maximum absolute atomic E-state index is 13.1. The van der Waals surface area contributed by atoms with E-state index < -0.39 is 29.7 Å². The van der Waals surface area contributed by atoms with Gasteiger partial charge in [-0.3, -0.25) is 44.1 Å². The van der Waals surface area contributed by atoms with E-state index in [1.165, 1.54) is 0 Å². The summed E-state index contributed by atoms with van der Waals surface area (Å²) < 4.78 is 19.4. The van der Waals surface area contributed by atoms with Crippen LogP contribution in [0, 0.1) is 11.3 Å². The van der Waals surface area contributed by atoms with E-state index in [2.05, 4.69) is 15.2 Å². The fraction of sp³-hybridized carbons (Fsp3) is 0.385. The van der Waals surface area contributed by atoms with Crippen molar-refractivity contribution in [1.29, 1.82) is 0 Å².